The van der Waals surface area contributed by atoms with Gasteiger partial charge in [-0.15, -0.1) is 0 Å². The Morgan fingerprint density at radius 2 is 2.50 bits per heavy atom. The van der Waals surface area contributed by atoms with E-state index in [1.54, 1.807) is 0 Å². The van der Waals surface area contributed by atoms with Crippen LogP contribution in [0.1, 0.15) is 23.2 Å². The lowest BCUT2D eigenvalue weighted by atomic mass is 10.2. The molecule has 1 aliphatic rings. The van der Waals surface area contributed by atoms with Crippen LogP contribution < -0.4 is 4.90 Å². The van der Waals surface area contributed by atoms with Crippen molar-refractivity contribution in [2.75, 3.05) is 25.1 Å². The van der Waals surface area contributed by atoms with Gasteiger partial charge in [-0.2, -0.15) is 0 Å². The van der Waals surface area contributed by atoms with E-state index in [1.165, 1.54) is 12.3 Å². The van der Waals surface area contributed by atoms with Crippen LogP contribution in [0.2, 0.25) is 5.02 Å². The van der Waals surface area contributed by atoms with Gasteiger partial charge < -0.3 is 14.7 Å². The number of nitrogens with zero attached hydrogens (tertiary/aromatic N) is 2. The van der Waals surface area contributed by atoms with Crippen molar-refractivity contribution in [2.24, 2.45) is 0 Å². The zero-order valence-corrected chi connectivity index (χ0v) is 10.9. The fraction of sp³-hybridized carbons (Fsp3) is 0.500. The van der Waals surface area contributed by atoms with Crippen LogP contribution in [0.3, 0.4) is 0 Å². The third kappa shape index (κ3) is 2.91. The van der Waals surface area contributed by atoms with Crippen molar-refractivity contribution in [2.45, 2.75) is 18.9 Å². The van der Waals surface area contributed by atoms with Gasteiger partial charge in [0.15, 0.2) is 0 Å². The van der Waals surface area contributed by atoms with Gasteiger partial charge in [-0.3, -0.25) is 0 Å². The highest BCUT2D eigenvalue weighted by atomic mass is 35.5. The zero-order chi connectivity index (χ0) is 13.1. The Bertz CT molecular complexity index is 447. The summed E-state index contributed by atoms with van der Waals surface area (Å²) in [5.41, 5.74) is 0.0919. The highest BCUT2D eigenvalue weighted by Gasteiger charge is 2.19. The number of ether oxygens (including phenoxy) is 1. The molecule has 1 fully saturated rings. The lowest BCUT2D eigenvalue weighted by molar-refractivity contribution is 0.0696. The number of carboxylic acid groups (broad SMARTS) is 1. The zero-order valence-electron chi connectivity index (χ0n) is 10.1. The number of halogens is 1. The molecule has 1 aliphatic heterocycles. The monoisotopic (exact) mass is 270 g/mol. The number of carboxylic acids is 1. The Morgan fingerprint density at radius 3 is 3.06 bits per heavy atom. The summed E-state index contributed by atoms with van der Waals surface area (Å²) in [6, 6.07) is 1.41. The van der Waals surface area contributed by atoms with Crippen molar-refractivity contribution in [1.82, 2.24) is 4.98 Å². The first kappa shape index (κ1) is 13.1. The summed E-state index contributed by atoms with van der Waals surface area (Å²) in [5.74, 6) is -0.449. The third-order valence-electron chi connectivity index (χ3n) is 2.93. The molecule has 2 heterocycles. The van der Waals surface area contributed by atoms with Gasteiger partial charge in [0.05, 0.1) is 16.7 Å². The lowest BCUT2D eigenvalue weighted by Crippen LogP contribution is -2.29. The lowest BCUT2D eigenvalue weighted by Gasteiger charge is -2.22. The van der Waals surface area contributed by atoms with E-state index in [0.717, 1.165) is 19.4 Å². The SMILES string of the molecule is CN(CC1CCCO1)c1ncc(C(=O)O)cc1Cl. The first-order valence-corrected chi connectivity index (χ1v) is 6.17. The molecule has 0 aromatic carbocycles. The fourth-order valence-corrected chi connectivity index (χ4v) is 2.32. The summed E-state index contributed by atoms with van der Waals surface area (Å²) in [6.45, 7) is 1.51. The van der Waals surface area contributed by atoms with Gasteiger partial charge in [0.1, 0.15) is 5.82 Å². The molecule has 0 bridgehead atoms. The van der Waals surface area contributed by atoms with Gasteiger partial charge in [0.2, 0.25) is 0 Å². The van der Waals surface area contributed by atoms with Crippen LogP contribution in [0.5, 0.6) is 0 Å². The van der Waals surface area contributed by atoms with E-state index < -0.39 is 5.97 Å². The van der Waals surface area contributed by atoms with Gasteiger partial charge in [0.25, 0.3) is 0 Å². The van der Waals surface area contributed by atoms with Gasteiger partial charge in [0, 0.05) is 26.4 Å². The Morgan fingerprint density at radius 1 is 1.72 bits per heavy atom. The molecule has 0 aliphatic carbocycles. The van der Waals surface area contributed by atoms with Crippen LogP contribution in [-0.4, -0.2) is 42.4 Å². The minimum absolute atomic E-state index is 0.0919. The fourth-order valence-electron chi connectivity index (χ4n) is 2.01. The molecule has 18 heavy (non-hydrogen) atoms. The smallest absolute Gasteiger partial charge is 0.337 e. The summed E-state index contributed by atoms with van der Waals surface area (Å²) in [4.78, 5) is 16.8. The normalized spacial score (nSPS) is 18.9. The van der Waals surface area contributed by atoms with Gasteiger partial charge in [-0.05, 0) is 18.9 Å². The predicted octanol–water partition coefficient (Wildman–Crippen LogP) is 2.05. The summed E-state index contributed by atoms with van der Waals surface area (Å²) in [7, 11) is 1.87. The number of hydrogen-bond donors (Lipinski definition) is 1. The molecule has 1 N–H and O–H groups in total. The van der Waals surface area contributed by atoms with Crippen molar-refractivity contribution in [3.8, 4) is 0 Å². The summed E-state index contributed by atoms with van der Waals surface area (Å²) in [5, 5.41) is 9.18. The van der Waals surface area contributed by atoms with Crippen LogP contribution in [0.15, 0.2) is 12.3 Å². The number of likely N-dealkylation sites (N-methyl/N-ethyl adjacent to an activating group) is 1. The maximum Gasteiger partial charge on any atom is 0.337 e. The number of aromatic carboxylic acids is 1. The van der Waals surface area contributed by atoms with Crippen LogP contribution in [0.25, 0.3) is 0 Å². The van der Waals surface area contributed by atoms with E-state index in [2.05, 4.69) is 4.98 Å². The second-order valence-electron chi connectivity index (χ2n) is 4.35. The molecule has 0 amide bonds. The van der Waals surface area contributed by atoms with E-state index in [-0.39, 0.29) is 11.7 Å². The largest absolute Gasteiger partial charge is 0.478 e. The molecule has 98 valence electrons. The molecule has 6 heteroatoms. The third-order valence-corrected chi connectivity index (χ3v) is 3.21. The first-order valence-electron chi connectivity index (χ1n) is 5.79. The quantitative estimate of drug-likeness (QED) is 0.907. The van der Waals surface area contributed by atoms with E-state index in [0.29, 0.717) is 17.4 Å². The maximum atomic E-state index is 10.8. The van der Waals surface area contributed by atoms with Gasteiger partial charge in [-0.25, -0.2) is 9.78 Å². The van der Waals surface area contributed by atoms with Crippen LogP contribution >= 0.6 is 11.6 Å². The highest BCUT2D eigenvalue weighted by molar-refractivity contribution is 6.33. The average molecular weight is 271 g/mol. The van der Waals surface area contributed by atoms with E-state index in [9.17, 15) is 4.79 Å². The molecular weight excluding hydrogens is 256 g/mol. The second-order valence-corrected chi connectivity index (χ2v) is 4.76. The molecule has 0 saturated carbocycles. The van der Waals surface area contributed by atoms with Gasteiger partial charge >= 0.3 is 5.97 Å². The standard InChI is InChI=1S/C12H15ClN2O3/c1-15(7-9-3-2-4-18-9)11-10(13)5-8(6-14-11)12(16)17/h5-6,9H,2-4,7H2,1H3,(H,16,17). The minimum Gasteiger partial charge on any atom is -0.478 e. The van der Waals surface area contributed by atoms with Crippen molar-refractivity contribution in [3.05, 3.63) is 22.8 Å². The van der Waals surface area contributed by atoms with Crippen molar-refractivity contribution in [3.63, 3.8) is 0 Å². The Hall–Kier alpha value is -1.33. The molecule has 0 radical (unpaired) electrons. The second kappa shape index (κ2) is 5.54. The van der Waals surface area contributed by atoms with Gasteiger partial charge in [-0.1, -0.05) is 11.6 Å². The number of pyridine rings is 1. The highest BCUT2D eigenvalue weighted by Crippen LogP contribution is 2.24. The van der Waals surface area contributed by atoms with Crippen molar-refractivity contribution < 1.29 is 14.6 Å². The Balaban J connectivity index is 2.09. The molecule has 5 nitrogen and oxygen atoms in total. The molecule has 2 rings (SSSR count). The topological polar surface area (TPSA) is 62.7 Å². The van der Waals surface area contributed by atoms with Crippen molar-refractivity contribution >= 4 is 23.4 Å². The molecule has 1 aromatic heterocycles. The van der Waals surface area contributed by atoms with E-state index in [1.807, 2.05) is 11.9 Å². The summed E-state index contributed by atoms with van der Waals surface area (Å²) >= 11 is 6.05. The van der Waals surface area contributed by atoms with Crippen molar-refractivity contribution in [1.29, 1.82) is 0 Å². The van der Waals surface area contributed by atoms with E-state index in [4.69, 9.17) is 21.4 Å². The predicted molar refractivity (Wildman–Crippen MR) is 68.5 cm³/mol. The Labute approximate surface area is 110 Å². The summed E-state index contributed by atoms with van der Waals surface area (Å²) in [6.07, 6.45) is 3.63. The molecule has 1 aromatic rings. The Kier molecular flexibility index (Phi) is 4.04. The number of aromatic nitrogens is 1. The minimum atomic E-state index is -1.03. The van der Waals surface area contributed by atoms with Crippen LogP contribution in [0.4, 0.5) is 5.82 Å². The molecule has 0 spiro atoms. The molecule has 1 atom stereocenters. The number of rotatable bonds is 4. The number of carbonyl (C=O) groups is 1. The van der Waals surface area contributed by atoms with Crippen LogP contribution in [0, 0.1) is 0 Å². The number of anilines is 1. The maximum absolute atomic E-state index is 10.8. The first-order chi connectivity index (χ1) is 8.58. The van der Waals surface area contributed by atoms with Crippen LogP contribution in [-0.2, 0) is 4.74 Å². The molecule has 1 unspecified atom stereocenters. The molecule has 1 saturated heterocycles. The number of hydrogen-bond acceptors (Lipinski definition) is 4. The average Bonchev–Trinajstić information content (AvgIpc) is 2.81. The molecular formula is C12H15ClN2O3. The summed E-state index contributed by atoms with van der Waals surface area (Å²) < 4.78 is 5.54. The van der Waals surface area contributed by atoms with E-state index >= 15 is 0 Å².